The molecule has 1 aromatic carbocycles. The van der Waals surface area contributed by atoms with E-state index in [9.17, 15) is 0 Å². The molecule has 4 rings (SSSR count). The number of hydrogen-bond acceptors (Lipinski definition) is 2. The Hall–Kier alpha value is -1.57. The lowest BCUT2D eigenvalue weighted by molar-refractivity contribution is 0.151. The summed E-state index contributed by atoms with van der Waals surface area (Å²) in [6.45, 7) is 6.03. The van der Waals surface area contributed by atoms with E-state index in [0.29, 0.717) is 12.0 Å². The summed E-state index contributed by atoms with van der Waals surface area (Å²) in [6, 6.07) is 8.42. The fraction of sp³-hybridized carbons (Fsp3) is 0.500. The van der Waals surface area contributed by atoms with Crippen LogP contribution in [-0.2, 0) is 6.54 Å². The minimum absolute atomic E-state index is 0. The van der Waals surface area contributed by atoms with Gasteiger partial charge in [0, 0.05) is 32.0 Å². The average Bonchev–Trinajstić information content (AvgIpc) is 3.28. The highest BCUT2D eigenvalue weighted by Gasteiger charge is 2.43. The number of aliphatic imine (C=N–C) groups is 1. The Morgan fingerprint density at radius 1 is 1.27 bits per heavy atom. The predicted octanol–water partition coefficient (Wildman–Crippen LogP) is 3.83. The summed E-state index contributed by atoms with van der Waals surface area (Å²) in [6.07, 6.45) is 11.1. The molecule has 0 atom stereocenters. The summed E-state index contributed by atoms with van der Waals surface area (Å²) in [7, 11) is 0. The molecule has 1 spiro atoms. The van der Waals surface area contributed by atoms with Crippen molar-refractivity contribution in [3.8, 4) is 5.69 Å². The van der Waals surface area contributed by atoms with Crippen molar-refractivity contribution < 1.29 is 0 Å². The van der Waals surface area contributed by atoms with Gasteiger partial charge in [0.05, 0.1) is 18.6 Å². The molecule has 1 saturated heterocycles. The minimum Gasteiger partial charge on any atom is -0.357 e. The smallest absolute Gasteiger partial charge is 0.194 e. The molecule has 2 aromatic rings. The van der Waals surface area contributed by atoms with Gasteiger partial charge in [-0.3, -0.25) is 0 Å². The maximum absolute atomic E-state index is 4.96. The van der Waals surface area contributed by atoms with E-state index < -0.39 is 0 Å². The highest BCUT2D eigenvalue weighted by molar-refractivity contribution is 14.0. The first kappa shape index (κ1) is 19.2. The lowest BCUT2D eigenvalue weighted by Crippen LogP contribution is -2.42. The van der Waals surface area contributed by atoms with Crippen molar-refractivity contribution in [3.63, 3.8) is 0 Å². The van der Waals surface area contributed by atoms with Crippen LogP contribution in [0.15, 0.2) is 48.0 Å². The highest BCUT2D eigenvalue weighted by Crippen LogP contribution is 2.47. The minimum atomic E-state index is 0. The van der Waals surface area contributed by atoms with Gasteiger partial charge in [-0.15, -0.1) is 24.0 Å². The molecule has 2 aliphatic rings. The van der Waals surface area contributed by atoms with Crippen LogP contribution in [0.3, 0.4) is 0 Å². The highest BCUT2D eigenvalue weighted by atomic mass is 127. The molecule has 2 heterocycles. The quantitative estimate of drug-likeness (QED) is 0.424. The standard InChI is InChI=1S/C20H27N5.HI/c1-2-22-19(24-12-10-20(15-24)8-5-9-20)23-14-17-6-3-4-7-18(17)25-13-11-21-16-25;/h3-4,6-7,11,13,16H,2,5,8-10,12,14-15H2,1H3,(H,22,23);1H. The lowest BCUT2D eigenvalue weighted by atomic mass is 9.68. The largest absolute Gasteiger partial charge is 0.357 e. The summed E-state index contributed by atoms with van der Waals surface area (Å²) < 4.78 is 2.05. The number of para-hydroxylation sites is 1. The number of benzene rings is 1. The number of nitrogens with zero attached hydrogens (tertiary/aromatic N) is 4. The molecule has 0 radical (unpaired) electrons. The van der Waals surface area contributed by atoms with Gasteiger partial charge >= 0.3 is 0 Å². The Morgan fingerprint density at radius 3 is 2.77 bits per heavy atom. The molecular formula is C20H28IN5. The number of hydrogen-bond donors (Lipinski definition) is 1. The molecule has 0 bridgehead atoms. The summed E-state index contributed by atoms with van der Waals surface area (Å²) in [5, 5.41) is 3.49. The number of rotatable bonds is 4. The van der Waals surface area contributed by atoms with Crippen molar-refractivity contribution >= 4 is 29.9 Å². The molecule has 1 aliphatic heterocycles. The van der Waals surface area contributed by atoms with Crippen LogP contribution in [0.25, 0.3) is 5.69 Å². The molecule has 0 unspecified atom stereocenters. The first-order valence-electron chi connectivity index (χ1n) is 9.39. The van der Waals surface area contributed by atoms with Crippen molar-refractivity contribution in [2.45, 2.75) is 39.2 Å². The van der Waals surface area contributed by atoms with Gasteiger partial charge in [-0.05, 0) is 43.2 Å². The van der Waals surface area contributed by atoms with E-state index in [-0.39, 0.29) is 24.0 Å². The molecule has 2 fully saturated rings. The maximum atomic E-state index is 4.96. The second-order valence-electron chi connectivity index (χ2n) is 7.29. The molecule has 1 aliphatic carbocycles. The number of guanidine groups is 1. The van der Waals surface area contributed by atoms with Crippen molar-refractivity contribution in [2.75, 3.05) is 19.6 Å². The Kier molecular flexibility index (Phi) is 6.21. The number of halogens is 1. The van der Waals surface area contributed by atoms with Crippen LogP contribution in [0.2, 0.25) is 0 Å². The number of nitrogens with one attached hydrogen (secondary N) is 1. The van der Waals surface area contributed by atoms with Crippen LogP contribution >= 0.6 is 24.0 Å². The van der Waals surface area contributed by atoms with E-state index in [1.165, 1.54) is 37.8 Å². The van der Waals surface area contributed by atoms with Gasteiger partial charge in [0.1, 0.15) is 0 Å². The van der Waals surface area contributed by atoms with E-state index in [1.807, 2.05) is 18.7 Å². The van der Waals surface area contributed by atoms with Gasteiger partial charge < -0.3 is 14.8 Å². The topological polar surface area (TPSA) is 45.5 Å². The van der Waals surface area contributed by atoms with Crippen molar-refractivity contribution in [2.24, 2.45) is 10.4 Å². The second kappa shape index (κ2) is 8.41. The molecule has 140 valence electrons. The Balaban J connectivity index is 0.00000196. The molecule has 5 nitrogen and oxygen atoms in total. The van der Waals surface area contributed by atoms with Crippen molar-refractivity contribution in [1.29, 1.82) is 0 Å². The third kappa shape index (κ3) is 3.89. The maximum Gasteiger partial charge on any atom is 0.194 e. The van der Waals surface area contributed by atoms with Gasteiger partial charge in [-0.1, -0.05) is 24.6 Å². The van der Waals surface area contributed by atoms with Crippen LogP contribution in [0.5, 0.6) is 0 Å². The fourth-order valence-electron chi connectivity index (χ4n) is 4.08. The van der Waals surface area contributed by atoms with Gasteiger partial charge in [-0.25, -0.2) is 9.98 Å². The SMILES string of the molecule is CCNC(=NCc1ccccc1-n1ccnc1)N1CCC2(CCC2)C1.I. The zero-order chi connectivity index (χ0) is 17.1. The van der Waals surface area contributed by atoms with Gasteiger partial charge in [0.25, 0.3) is 0 Å². The number of imidazole rings is 1. The second-order valence-corrected chi connectivity index (χ2v) is 7.29. The molecular weight excluding hydrogens is 437 g/mol. The normalized spacial score (nSPS) is 18.5. The van der Waals surface area contributed by atoms with Crippen molar-refractivity contribution in [3.05, 3.63) is 48.5 Å². The Morgan fingerprint density at radius 2 is 2.12 bits per heavy atom. The van der Waals surface area contributed by atoms with Crippen LogP contribution in [0.1, 0.15) is 38.2 Å². The van der Waals surface area contributed by atoms with Crippen LogP contribution < -0.4 is 5.32 Å². The van der Waals surface area contributed by atoms with Gasteiger partial charge in [0.15, 0.2) is 5.96 Å². The van der Waals surface area contributed by atoms with Crippen LogP contribution in [-0.4, -0.2) is 40.0 Å². The summed E-state index contributed by atoms with van der Waals surface area (Å²) in [4.78, 5) is 11.6. The number of aromatic nitrogens is 2. The molecule has 1 aromatic heterocycles. The van der Waals surface area contributed by atoms with Crippen LogP contribution in [0, 0.1) is 5.41 Å². The summed E-state index contributed by atoms with van der Waals surface area (Å²) in [5.41, 5.74) is 2.95. The molecule has 1 saturated carbocycles. The molecule has 26 heavy (non-hydrogen) atoms. The van der Waals surface area contributed by atoms with Gasteiger partial charge in [-0.2, -0.15) is 0 Å². The van der Waals surface area contributed by atoms with Crippen LogP contribution in [0.4, 0.5) is 0 Å². The van der Waals surface area contributed by atoms with Gasteiger partial charge in [0.2, 0.25) is 0 Å². The van der Waals surface area contributed by atoms with E-state index in [2.05, 4.69) is 51.0 Å². The molecule has 6 heteroatoms. The first-order chi connectivity index (χ1) is 12.3. The molecule has 0 amide bonds. The third-order valence-electron chi connectivity index (χ3n) is 5.66. The number of likely N-dealkylation sites (tertiary alicyclic amines) is 1. The van der Waals surface area contributed by atoms with E-state index in [0.717, 1.165) is 24.7 Å². The van der Waals surface area contributed by atoms with E-state index in [1.54, 1.807) is 0 Å². The monoisotopic (exact) mass is 465 g/mol. The van der Waals surface area contributed by atoms with E-state index in [4.69, 9.17) is 4.99 Å². The Bertz CT molecular complexity index is 736. The average molecular weight is 465 g/mol. The molecule has 1 N–H and O–H groups in total. The first-order valence-corrected chi connectivity index (χ1v) is 9.39. The predicted molar refractivity (Wildman–Crippen MR) is 116 cm³/mol. The zero-order valence-corrected chi connectivity index (χ0v) is 17.7. The summed E-state index contributed by atoms with van der Waals surface area (Å²) in [5.74, 6) is 1.06. The fourth-order valence-corrected chi connectivity index (χ4v) is 4.08. The third-order valence-corrected chi connectivity index (χ3v) is 5.66. The Labute approximate surface area is 172 Å². The zero-order valence-electron chi connectivity index (χ0n) is 15.4. The lowest BCUT2D eigenvalue weighted by Gasteiger charge is -2.38. The van der Waals surface area contributed by atoms with E-state index >= 15 is 0 Å². The summed E-state index contributed by atoms with van der Waals surface area (Å²) >= 11 is 0. The van der Waals surface area contributed by atoms with Crippen molar-refractivity contribution in [1.82, 2.24) is 19.8 Å².